The zero-order valence-electron chi connectivity index (χ0n) is 15.2. The molecule has 8 heteroatoms. The third kappa shape index (κ3) is 3.67. The van der Waals surface area contributed by atoms with Gasteiger partial charge in [0.2, 0.25) is 5.91 Å². The Morgan fingerprint density at radius 3 is 2.96 bits per heavy atom. The summed E-state index contributed by atoms with van der Waals surface area (Å²) >= 11 is 0. The summed E-state index contributed by atoms with van der Waals surface area (Å²) < 4.78 is 5.72. The number of pyridine rings is 1. The lowest BCUT2D eigenvalue weighted by Gasteiger charge is -2.23. The van der Waals surface area contributed by atoms with Gasteiger partial charge in [0.05, 0.1) is 18.9 Å². The summed E-state index contributed by atoms with van der Waals surface area (Å²) in [7, 11) is 0. The van der Waals surface area contributed by atoms with Crippen LogP contribution in [0.5, 0.6) is 11.5 Å². The van der Waals surface area contributed by atoms with Crippen molar-refractivity contribution in [2.24, 2.45) is 5.73 Å². The van der Waals surface area contributed by atoms with Crippen LogP contribution in [0.1, 0.15) is 11.3 Å². The van der Waals surface area contributed by atoms with Gasteiger partial charge in [-0.25, -0.2) is 4.98 Å². The first kappa shape index (κ1) is 18.0. The van der Waals surface area contributed by atoms with E-state index in [9.17, 15) is 9.90 Å². The number of phenols is 1. The molecule has 4 rings (SSSR count). The van der Waals surface area contributed by atoms with Crippen molar-refractivity contribution in [3.05, 3.63) is 60.4 Å². The van der Waals surface area contributed by atoms with Crippen LogP contribution in [-0.2, 0) is 17.8 Å². The van der Waals surface area contributed by atoms with E-state index < -0.39 is 6.04 Å². The number of nitrogens with one attached hydrogen (secondary N) is 1. The van der Waals surface area contributed by atoms with Crippen LogP contribution in [0.4, 0.5) is 0 Å². The third-order valence-corrected chi connectivity index (χ3v) is 4.73. The molecule has 0 saturated heterocycles. The Morgan fingerprint density at radius 2 is 2.21 bits per heavy atom. The molecule has 0 unspecified atom stereocenters. The Kier molecular flexibility index (Phi) is 4.94. The van der Waals surface area contributed by atoms with Gasteiger partial charge in [-0.3, -0.25) is 9.78 Å². The fourth-order valence-electron chi connectivity index (χ4n) is 3.34. The minimum atomic E-state index is -0.683. The molecule has 0 bridgehead atoms. The molecule has 0 aliphatic carbocycles. The van der Waals surface area contributed by atoms with Crippen molar-refractivity contribution in [2.45, 2.75) is 19.0 Å². The highest BCUT2D eigenvalue weighted by Crippen LogP contribution is 2.37. The van der Waals surface area contributed by atoms with Crippen LogP contribution < -0.4 is 10.5 Å². The first-order valence-corrected chi connectivity index (χ1v) is 9.02. The normalized spacial score (nSPS) is 14.7. The van der Waals surface area contributed by atoms with Crippen LogP contribution in [0, 0.1) is 0 Å². The molecule has 144 valence electrons. The number of ether oxygens (including phenoxy) is 1. The summed E-state index contributed by atoms with van der Waals surface area (Å²) in [5.74, 6) is 0.287. The van der Waals surface area contributed by atoms with Crippen LogP contribution in [0.2, 0.25) is 0 Å². The number of phenolic OH excluding ortho intramolecular Hbond substituents is 1. The van der Waals surface area contributed by atoms with Gasteiger partial charge in [-0.2, -0.15) is 0 Å². The van der Waals surface area contributed by atoms with Crippen LogP contribution in [0.3, 0.4) is 0 Å². The van der Waals surface area contributed by atoms with Crippen molar-refractivity contribution in [1.82, 2.24) is 19.9 Å². The number of imidazole rings is 1. The van der Waals surface area contributed by atoms with Gasteiger partial charge in [0.25, 0.3) is 0 Å². The average molecular weight is 379 g/mol. The lowest BCUT2D eigenvalue weighted by atomic mass is 10.0. The van der Waals surface area contributed by atoms with E-state index in [1.54, 1.807) is 35.9 Å². The van der Waals surface area contributed by atoms with Crippen molar-refractivity contribution in [1.29, 1.82) is 0 Å². The second-order valence-electron chi connectivity index (χ2n) is 6.72. The number of amides is 1. The van der Waals surface area contributed by atoms with Crippen molar-refractivity contribution in [3.63, 3.8) is 0 Å². The summed E-state index contributed by atoms with van der Waals surface area (Å²) in [6.07, 6.45) is 7.01. The van der Waals surface area contributed by atoms with E-state index in [0.29, 0.717) is 25.3 Å². The molecule has 1 atom stereocenters. The number of benzene rings is 1. The fourth-order valence-corrected chi connectivity index (χ4v) is 3.34. The van der Waals surface area contributed by atoms with E-state index in [4.69, 9.17) is 10.5 Å². The zero-order valence-corrected chi connectivity index (χ0v) is 15.2. The number of hydrogen-bond donors (Lipinski definition) is 3. The molecule has 0 fully saturated rings. The molecule has 4 N–H and O–H groups in total. The van der Waals surface area contributed by atoms with Crippen molar-refractivity contribution in [3.8, 4) is 22.6 Å². The van der Waals surface area contributed by atoms with Gasteiger partial charge in [-0.05, 0) is 23.8 Å². The number of H-pyrrole nitrogens is 1. The Bertz CT molecular complexity index is 959. The van der Waals surface area contributed by atoms with Crippen molar-refractivity contribution >= 4 is 5.91 Å². The molecule has 1 aromatic carbocycles. The zero-order chi connectivity index (χ0) is 19.5. The number of nitrogens with zero attached hydrogens (tertiary/aromatic N) is 3. The predicted molar refractivity (Wildman–Crippen MR) is 103 cm³/mol. The molecule has 3 aromatic rings. The Hall–Kier alpha value is -3.39. The predicted octanol–water partition coefficient (Wildman–Crippen LogP) is 1.47. The van der Waals surface area contributed by atoms with Gasteiger partial charge in [0.1, 0.15) is 6.61 Å². The van der Waals surface area contributed by atoms with E-state index in [0.717, 1.165) is 22.4 Å². The Labute approximate surface area is 162 Å². The highest BCUT2D eigenvalue weighted by atomic mass is 16.5. The topological polar surface area (TPSA) is 117 Å². The van der Waals surface area contributed by atoms with Gasteiger partial charge in [0, 0.05) is 48.4 Å². The number of fused-ring (bicyclic) bond motifs is 1. The molecule has 3 heterocycles. The van der Waals surface area contributed by atoms with Gasteiger partial charge >= 0.3 is 0 Å². The number of aromatic amines is 1. The number of carbonyl (C=O) groups excluding carboxylic acids is 1. The van der Waals surface area contributed by atoms with E-state index in [1.807, 2.05) is 18.2 Å². The number of hydrogen-bond acceptors (Lipinski definition) is 6. The largest absolute Gasteiger partial charge is 0.504 e. The van der Waals surface area contributed by atoms with Crippen LogP contribution in [-0.4, -0.2) is 50.1 Å². The monoisotopic (exact) mass is 379 g/mol. The molecule has 28 heavy (non-hydrogen) atoms. The maximum atomic E-state index is 12.9. The van der Waals surface area contributed by atoms with Crippen molar-refractivity contribution in [2.75, 3.05) is 13.2 Å². The summed E-state index contributed by atoms with van der Waals surface area (Å²) in [4.78, 5) is 25.6. The van der Waals surface area contributed by atoms with E-state index in [-0.39, 0.29) is 18.3 Å². The number of nitrogens with two attached hydrogens (primary N) is 1. The number of aromatic hydroxyl groups is 1. The molecule has 1 amide bonds. The highest BCUT2D eigenvalue weighted by Gasteiger charge is 2.26. The van der Waals surface area contributed by atoms with E-state index in [2.05, 4.69) is 15.0 Å². The second-order valence-corrected chi connectivity index (χ2v) is 6.72. The molecule has 0 saturated carbocycles. The minimum Gasteiger partial charge on any atom is -0.504 e. The first-order valence-electron chi connectivity index (χ1n) is 9.02. The molecule has 8 nitrogen and oxygen atoms in total. The second kappa shape index (κ2) is 7.69. The number of carbonyl (C=O) groups is 1. The Balaban J connectivity index is 1.58. The molecule has 1 aliphatic rings. The van der Waals surface area contributed by atoms with Crippen LogP contribution >= 0.6 is 0 Å². The maximum absolute atomic E-state index is 12.9. The smallest absolute Gasteiger partial charge is 0.240 e. The quantitative estimate of drug-likeness (QED) is 0.632. The standard InChI is InChI=1S/C20H21N5O3/c21-17(8-16-10-23-12-24-16)20(27)25-4-5-28-19-15(11-25)6-14(7-18(19)26)13-2-1-3-22-9-13/h1-3,6-7,9-10,12,17,26H,4-5,8,11,21H2,(H,23,24)/t17-/m0/s1. The molecular weight excluding hydrogens is 358 g/mol. The molecule has 0 spiro atoms. The summed E-state index contributed by atoms with van der Waals surface area (Å²) in [5, 5.41) is 10.4. The van der Waals surface area contributed by atoms with Crippen molar-refractivity contribution < 1.29 is 14.6 Å². The first-order chi connectivity index (χ1) is 13.6. The molecule has 2 aromatic heterocycles. The van der Waals surface area contributed by atoms with Gasteiger partial charge in [-0.1, -0.05) is 6.07 Å². The van der Waals surface area contributed by atoms with Gasteiger partial charge in [0.15, 0.2) is 11.5 Å². The van der Waals surface area contributed by atoms with E-state index >= 15 is 0 Å². The highest BCUT2D eigenvalue weighted by molar-refractivity contribution is 5.82. The summed E-state index contributed by atoms with van der Waals surface area (Å²) in [6, 6.07) is 6.63. The maximum Gasteiger partial charge on any atom is 0.240 e. The van der Waals surface area contributed by atoms with Gasteiger partial charge in [-0.15, -0.1) is 0 Å². The summed E-state index contributed by atoms with van der Waals surface area (Å²) in [5.41, 5.74) is 9.35. The molecular formula is C20H21N5O3. The lowest BCUT2D eigenvalue weighted by Crippen LogP contribution is -2.45. The van der Waals surface area contributed by atoms with Crippen LogP contribution in [0.25, 0.3) is 11.1 Å². The molecule has 0 radical (unpaired) electrons. The number of rotatable bonds is 4. The minimum absolute atomic E-state index is 0.0485. The Morgan fingerprint density at radius 1 is 1.32 bits per heavy atom. The van der Waals surface area contributed by atoms with Crippen LogP contribution in [0.15, 0.2) is 49.2 Å². The lowest BCUT2D eigenvalue weighted by molar-refractivity contribution is -0.133. The van der Waals surface area contributed by atoms with E-state index in [1.165, 1.54) is 0 Å². The SMILES string of the molecule is N[C@@H](Cc1cnc[nH]1)C(=O)N1CCOc2c(O)cc(-c3cccnc3)cc2C1. The summed E-state index contributed by atoms with van der Waals surface area (Å²) in [6.45, 7) is 0.994. The van der Waals surface area contributed by atoms with Gasteiger partial charge < -0.3 is 25.5 Å². The average Bonchev–Trinajstić information content (AvgIpc) is 3.11. The third-order valence-electron chi connectivity index (χ3n) is 4.73. The molecule has 1 aliphatic heterocycles. The fraction of sp³-hybridized carbons (Fsp3) is 0.250. The number of aromatic nitrogens is 3.